The van der Waals surface area contributed by atoms with Crippen LogP contribution in [0.15, 0.2) is 48.5 Å². The second-order valence-corrected chi connectivity index (χ2v) is 10.3. The number of benzene rings is 2. The molecule has 0 aliphatic carbocycles. The number of rotatable bonds is 5. The smallest absolute Gasteiger partial charge is 0.253 e. The maximum absolute atomic E-state index is 12.9. The molecule has 2 aliphatic heterocycles. The molecule has 0 aromatic heterocycles. The Morgan fingerprint density at radius 3 is 2.33 bits per heavy atom. The monoisotopic (exact) mass is 426 g/mol. The molecule has 1 unspecified atom stereocenters. The highest BCUT2D eigenvalue weighted by molar-refractivity contribution is 7.92. The molecule has 2 aliphatic rings. The molecule has 1 fully saturated rings. The van der Waals surface area contributed by atoms with Crippen LogP contribution in [-0.4, -0.2) is 50.0 Å². The van der Waals surface area contributed by atoms with Crippen LogP contribution in [0.25, 0.3) is 0 Å². The van der Waals surface area contributed by atoms with Crippen molar-refractivity contribution in [3.63, 3.8) is 0 Å². The summed E-state index contributed by atoms with van der Waals surface area (Å²) in [7, 11) is -3.69. The van der Waals surface area contributed by atoms with E-state index in [1.807, 2.05) is 29.2 Å². The summed E-state index contributed by atoms with van der Waals surface area (Å²) in [4.78, 5) is 28.8. The molecule has 6 nitrogen and oxygen atoms in total. The van der Waals surface area contributed by atoms with E-state index in [1.165, 1.54) is 6.92 Å². The van der Waals surface area contributed by atoms with Gasteiger partial charge >= 0.3 is 0 Å². The highest BCUT2D eigenvalue weighted by atomic mass is 32.2. The largest absolute Gasteiger partial charge is 0.339 e. The Labute approximate surface area is 177 Å². The molecule has 0 bridgehead atoms. The van der Waals surface area contributed by atoms with Gasteiger partial charge in [0, 0.05) is 30.9 Å². The van der Waals surface area contributed by atoms with Gasteiger partial charge in [0.25, 0.3) is 5.91 Å². The third-order valence-corrected chi connectivity index (χ3v) is 8.02. The van der Waals surface area contributed by atoms with Crippen molar-refractivity contribution in [3.05, 3.63) is 65.2 Å². The average molecular weight is 427 g/mol. The summed E-state index contributed by atoms with van der Waals surface area (Å²) < 4.78 is 25.8. The third kappa shape index (κ3) is 3.99. The third-order valence-electron chi connectivity index (χ3n) is 6.00. The average Bonchev–Trinajstić information content (AvgIpc) is 3.42. The standard InChI is InChI=1S/C23H26N2O4S/c1-17(22(26)25-15-12-19-6-2-3-7-21(19)25)30(28,29)16-18-8-10-20(11-9-18)23(27)24-13-4-5-14-24/h2-3,6-11,17H,4-5,12-16H2,1H3. The number of fused-ring (bicyclic) bond motifs is 1. The minimum atomic E-state index is -3.69. The van der Waals surface area contributed by atoms with Crippen LogP contribution in [-0.2, 0) is 26.8 Å². The van der Waals surface area contributed by atoms with Crippen LogP contribution in [0.2, 0.25) is 0 Å². The number of nitrogens with zero attached hydrogens (tertiary/aromatic N) is 2. The fourth-order valence-electron chi connectivity index (χ4n) is 4.14. The molecule has 0 N–H and O–H groups in total. The zero-order valence-electron chi connectivity index (χ0n) is 17.1. The van der Waals surface area contributed by atoms with Crippen molar-refractivity contribution >= 4 is 27.3 Å². The molecule has 2 aromatic carbocycles. The summed E-state index contributed by atoms with van der Waals surface area (Å²) in [6.07, 6.45) is 2.78. The van der Waals surface area contributed by atoms with E-state index in [-0.39, 0.29) is 17.6 Å². The Kier molecular flexibility index (Phi) is 5.64. The molecule has 1 saturated heterocycles. The SMILES string of the molecule is CC(C(=O)N1CCc2ccccc21)S(=O)(=O)Cc1ccc(C(=O)N2CCCC2)cc1. The van der Waals surface area contributed by atoms with Gasteiger partial charge in [0.1, 0.15) is 5.25 Å². The predicted molar refractivity (Wildman–Crippen MR) is 116 cm³/mol. The molecule has 4 rings (SSSR count). The van der Waals surface area contributed by atoms with Crippen LogP contribution in [0.3, 0.4) is 0 Å². The molecular formula is C23H26N2O4S. The molecule has 7 heteroatoms. The molecule has 0 spiro atoms. The second kappa shape index (κ2) is 8.22. The Morgan fingerprint density at radius 2 is 1.63 bits per heavy atom. The molecule has 0 saturated carbocycles. The maximum atomic E-state index is 12.9. The summed E-state index contributed by atoms with van der Waals surface area (Å²) >= 11 is 0. The van der Waals surface area contributed by atoms with Gasteiger partial charge in [-0.05, 0) is 55.5 Å². The summed E-state index contributed by atoms with van der Waals surface area (Å²) in [5, 5.41) is -1.13. The molecule has 0 radical (unpaired) electrons. The van der Waals surface area contributed by atoms with Gasteiger partial charge in [-0.1, -0.05) is 30.3 Å². The van der Waals surface area contributed by atoms with Crippen LogP contribution in [0.1, 0.15) is 41.3 Å². The first-order valence-corrected chi connectivity index (χ1v) is 12.1. The van der Waals surface area contributed by atoms with Crippen molar-refractivity contribution in [1.29, 1.82) is 0 Å². The quantitative estimate of drug-likeness (QED) is 0.737. The van der Waals surface area contributed by atoms with Crippen molar-refractivity contribution in [1.82, 2.24) is 4.90 Å². The minimum absolute atomic E-state index is 0.0156. The van der Waals surface area contributed by atoms with Crippen LogP contribution < -0.4 is 4.90 Å². The zero-order chi connectivity index (χ0) is 21.3. The lowest BCUT2D eigenvalue weighted by molar-refractivity contribution is -0.117. The summed E-state index contributed by atoms with van der Waals surface area (Å²) in [6, 6.07) is 14.3. The highest BCUT2D eigenvalue weighted by Crippen LogP contribution is 2.29. The molecule has 30 heavy (non-hydrogen) atoms. The van der Waals surface area contributed by atoms with Crippen LogP contribution in [0.5, 0.6) is 0 Å². The van der Waals surface area contributed by atoms with E-state index >= 15 is 0 Å². The van der Waals surface area contributed by atoms with Crippen LogP contribution in [0.4, 0.5) is 5.69 Å². The second-order valence-electron chi connectivity index (χ2n) is 8.01. The predicted octanol–water partition coefficient (Wildman–Crippen LogP) is 2.82. The van der Waals surface area contributed by atoms with Gasteiger partial charge in [-0.3, -0.25) is 9.59 Å². The number of carbonyl (C=O) groups excluding carboxylic acids is 2. The van der Waals surface area contributed by atoms with Crippen molar-refractivity contribution in [2.75, 3.05) is 24.5 Å². The number of carbonyl (C=O) groups is 2. The molecular weight excluding hydrogens is 400 g/mol. The van der Waals surface area contributed by atoms with Crippen molar-refractivity contribution < 1.29 is 18.0 Å². The molecule has 2 aromatic rings. The van der Waals surface area contributed by atoms with E-state index in [9.17, 15) is 18.0 Å². The molecule has 158 valence electrons. The molecule has 1 atom stereocenters. The van der Waals surface area contributed by atoms with Gasteiger partial charge in [0.05, 0.1) is 5.75 Å². The lowest BCUT2D eigenvalue weighted by atomic mass is 10.1. The van der Waals surface area contributed by atoms with Crippen molar-refractivity contribution in [2.45, 2.75) is 37.2 Å². The number of sulfone groups is 1. The van der Waals surface area contributed by atoms with E-state index in [1.54, 1.807) is 29.2 Å². The lowest BCUT2D eigenvalue weighted by Gasteiger charge is -2.22. The van der Waals surface area contributed by atoms with Gasteiger partial charge in [0.15, 0.2) is 9.84 Å². The van der Waals surface area contributed by atoms with Crippen LogP contribution in [0, 0.1) is 0 Å². The van der Waals surface area contributed by atoms with Gasteiger partial charge in [-0.25, -0.2) is 8.42 Å². The van der Waals surface area contributed by atoms with Gasteiger partial charge < -0.3 is 9.80 Å². The topological polar surface area (TPSA) is 74.8 Å². The van der Waals surface area contributed by atoms with Crippen molar-refractivity contribution in [2.24, 2.45) is 0 Å². The number of hydrogen-bond acceptors (Lipinski definition) is 4. The Morgan fingerprint density at radius 1 is 0.967 bits per heavy atom. The van der Waals surface area contributed by atoms with E-state index < -0.39 is 15.1 Å². The number of amides is 2. The Hall–Kier alpha value is -2.67. The summed E-state index contributed by atoms with van der Waals surface area (Å²) in [5.74, 6) is -0.632. The zero-order valence-corrected chi connectivity index (χ0v) is 17.9. The van der Waals surface area contributed by atoms with Gasteiger partial charge in [-0.2, -0.15) is 0 Å². The van der Waals surface area contributed by atoms with E-state index in [2.05, 4.69) is 0 Å². The fourth-order valence-corrected chi connectivity index (χ4v) is 5.49. The molecule has 2 heterocycles. The fraction of sp³-hybridized carbons (Fsp3) is 0.391. The van der Waals surface area contributed by atoms with Gasteiger partial charge in [-0.15, -0.1) is 0 Å². The van der Waals surface area contributed by atoms with E-state index in [4.69, 9.17) is 0 Å². The first-order chi connectivity index (χ1) is 14.4. The number of likely N-dealkylation sites (tertiary alicyclic amines) is 1. The molecule has 2 amide bonds. The van der Waals surface area contributed by atoms with Gasteiger partial charge in [0.2, 0.25) is 5.91 Å². The number of hydrogen-bond donors (Lipinski definition) is 0. The van der Waals surface area contributed by atoms with E-state index in [0.717, 1.165) is 43.6 Å². The highest BCUT2D eigenvalue weighted by Gasteiger charge is 2.35. The number of anilines is 1. The first kappa shape index (κ1) is 20.6. The van der Waals surface area contributed by atoms with Crippen molar-refractivity contribution in [3.8, 4) is 0 Å². The minimum Gasteiger partial charge on any atom is -0.339 e. The normalized spacial score (nSPS) is 17.1. The summed E-state index contributed by atoms with van der Waals surface area (Å²) in [6.45, 7) is 3.51. The summed E-state index contributed by atoms with van der Waals surface area (Å²) in [5.41, 5.74) is 3.01. The first-order valence-electron chi connectivity index (χ1n) is 10.4. The number of para-hydroxylation sites is 1. The lowest BCUT2D eigenvalue weighted by Crippen LogP contribution is -2.41. The Balaban J connectivity index is 1.45. The maximum Gasteiger partial charge on any atom is 0.253 e. The van der Waals surface area contributed by atoms with Crippen LogP contribution >= 0.6 is 0 Å². The van der Waals surface area contributed by atoms with E-state index in [0.29, 0.717) is 17.7 Å². The Bertz CT molecular complexity index is 1060.